The van der Waals surface area contributed by atoms with Gasteiger partial charge in [-0.1, -0.05) is 12.1 Å². The van der Waals surface area contributed by atoms with Crippen molar-refractivity contribution in [2.75, 3.05) is 6.54 Å². The summed E-state index contributed by atoms with van der Waals surface area (Å²) >= 11 is 3.41. The molecule has 0 atom stereocenters. The van der Waals surface area contributed by atoms with Gasteiger partial charge < -0.3 is 10.5 Å². The number of halogens is 1. The molecule has 1 aromatic carbocycles. The monoisotopic (exact) mass is 306 g/mol. The summed E-state index contributed by atoms with van der Waals surface area (Å²) in [6, 6.07) is 9.81. The Morgan fingerprint density at radius 3 is 2.61 bits per heavy atom. The molecule has 4 heteroatoms. The van der Waals surface area contributed by atoms with E-state index in [4.69, 9.17) is 10.5 Å². The van der Waals surface area contributed by atoms with E-state index >= 15 is 0 Å². The number of pyridine rings is 1. The lowest BCUT2D eigenvalue weighted by Gasteiger charge is -2.07. The molecule has 0 unspecified atom stereocenters. The molecule has 94 valence electrons. The highest BCUT2D eigenvalue weighted by atomic mass is 79.9. The van der Waals surface area contributed by atoms with E-state index < -0.39 is 0 Å². The molecule has 1 heterocycles. The summed E-state index contributed by atoms with van der Waals surface area (Å²) in [5.74, 6) is 1.38. The largest absolute Gasteiger partial charge is 0.439 e. The summed E-state index contributed by atoms with van der Waals surface area (Å²) in [6.45, 7) is 2.66. The van der Waals surface area contributed by atoms with E-state index in [0.29, 0.717) is 12.4 Å². The van der Waals surface area contributed by atoms with Crippen molar-refractivity contribution in [3.05, 3.63) is 52.1 Å². The molecule has 0 radical (unpaired) electrons. The van der Waals surface area contributed by atoms with Gasteiger partial charge in [-0.3, -0.25) is 0 Å². The zero-order chi connectivity index (χ0) is 13.0. The normalized spacial score (nSPS) is 10.4. The molecule has 0 aliphatic heterocycles. The van der Waals surface area contributed by atoms with Gasteiger partial charge in [0, 0.05) is 16.7 Å². The number of aryl methyl sites for hydroxylation is 1. The summed E-state index contributed by atoms with van der Waals surface area (Å²) < 4.78 is 6.66. The van der Waals surface area contributed by atoms with Crippen molar-refractivity contribution in [1.82, 2.24) is 4.98 Å². The molecule has 0 amide bonds. The van der Waals surface area contributed by atoms with Crippen LogP contribution in [0, 0.1) is 6.92 Å². The van der Waals surface area contributed by atoms with Gasteiger partial charge in [0.2, 0.25) is 5.88 Å². The molecule has 0 bridgehead atoms. The van der Waals surface area contributed by atoms with E-state index in [2.05, 4.69) is 20.9 Å². The minimum Gasteiger partial charge on any atom is -0.439 e. The smallest absolute Gasteiger partial charge is 0.219 e. The van der Waals surface area contributed by atoms with Crippen molar-refractivity contribution in [2.24, 2.45) is 5.73 Å². The van der Waals surface area contributed by atoms with E-state index in [1.54, 1.807) is 6.20 Å². The van der Waals surface area contributed by atoms with Gasteiger partial charge in [0.15, 0.2) is 0 Å². The predicted octanol–water partition coefficient (Wildman–Crippen LogP) is 3.45. The standard InChI is InChI=1S/C14H15BrN2O/c1-10-8-14(17-9-13(10)15)18-12-4-2-11(3-5-12)6-7-16/h2-5,8-9H,6-7,16H2,1H3. The van der Waals surface area contributed by atoms with Crippen molar-refractivity contribution in [3.63, 3.8) is 0 Å². The van der Waals surface area contributed by atoms with Crippen molar-refractivity contribution in [3.8, 4) is 11.6 Å². The Morgan fingerprint density at radius 2 is 2.00 bits per heavy atom. The average Bonchev–Trinajstić information content (AvgIpc) is 2.37. The maximum Gasteiger partial charge on any atom is 0.219 e. The van der Waals surface area contributed by atoms with Crippen LogP contribution in [-0.2, 0) is 6.42 Å². The summed E-state index contributed by atoms with van der Waals surface area (Å²) in [7, 11) is 0. The van der Waals surface area contributed by atoms with Crippen LogP contribution in [0.4, 0.5) is 0 Å². The van der Waals surface area contributed by atoms with Gasteiger partial charge in [-0.05, 0) is 59.1 Å². The quantitative estimate of drug-likeness (QED) is 0.941. The Hall–Kier alpha value is -1.39. The third-order valence-corrected chi connectivity index (χ3v) is 3.43. The van der Waals surface area contributed by atoms with Crippen LogP contribution in [0.1, 0.15) is 11.1 Å². The minimum atomic E-state index is 0.599. The van der Waals surface area contributed by atoms with E-state index in [-0.39, 0.29) is 0 Å². The summed E-state index contributed by atoms with van der Waals surface area (Å²) in [4.78, 5) is 4.20. The molecule has 0 spiro atoms. The Bertz CT molecular complexity index is 526. The topological polar surface area (TPSA) is 48.1 Å². The van der Waals surface area contributed by atoms with E-state index in [1.165, 1.54) is 5.56 Å². The van der Waals surface area contributed by atoms with Crippen molar-refractivity contribution < 1.29 is 4.74 Å². The van der Waals surface area contributed by atoms with Gasteiger partial charge in [-0.15, -0.1) is 0 Å². The summed E-state index contributed by atoms with van der Waals surface area (Å²) in [5.41, 5.74) is 7.82. The van der Waals surface area contributed by atoms with Crippen molar-refractivity contribution in [2.45, 2.75) is 13.3 Å². The van der Waals surface area contributed by atoms with Gasteiger partial charge in [0.05, 0.1) is 0 Å². The highest BCUT2D eigenvalue weighted by Crippen LogP contribution is 2.23. The second-order valence-electron chi connectivity index (χ2n) is 4.06. The molecule has 0 aliphatic rings. The fourth-order valence-electron chi connectivity index (χ4n) is 1.58. The zero-order valence-corrected chi connectivity index (χ0v) is 11.8. The van der Waals surface area contributed by atoms with Crippen molar-refractivity contribution in [1.29, 1.82) is 0 Å². The minimum absolute atomic E-state index is 0.599. The van der Waals surface area contributed by atoms with Gasteiger partial charge in [0.1, 0.15) is 5.75 Å². The maximum atomic E-state index is 5.68. The molecule has 2 aromatic rings. The van der Waals surface area contributed by atoms with Crippen molar-refractivity contribution >= 4 is 15.9 Å². The lowest BCUT2D eigenvalue weighted by Crippen LogP contribution is -2.02. The summed E-state index contributed by atoms with van der Waals surface area (Å²) in [6.07, 6.45) is 2.63. The van der Waals surface area contributed by atoms with Crippen LogP contribution in [0.15, 0.2) is 41.0 Å². The number of rotatable bonds is 4. The van der Waals surface area contributed by atoms with E-state index in [9.17, 15) is 0 Å². The third kappa shape index (κ3) is 3.31. The van der Waals surface area contributed by atoms with E-state index in [0.717, 1.165) is 22.2 Å². The molecule has 0 aliphatic carbocycles. The Morgan fingerprint density at radius 1 is 1.28 bits per heavy atom. The maximum absolute atomic E-state index is 5.68. The first-order valence-corrected chi connectivity index (χ1v) is 6.57. The van der Waals surface area contributed by atoms with Crippen LogP contribution in [0.2, 0.25) is 0 Å². The Labute approximate surface area is 115 Å². The Kier molecular flexibility index (Phi) is 4.33. The van der Waals surface area contributed by atoms with Crippen LogP contribution in [-0.4, -0.2) is 11.5 Å². The predicted molar refractivity (Wildman–Crippen MR) is 75.9 cm³/mol. The van der Waals surface area contributed by atoms with Gasteiger partial charge in [0.25, 0.3) is 0 Å². The molecular formula is C14H15BrN2O. The summed E-state index contributed by atoms with van der Waals surface area (Å²) in [5, 5.41) is 0. The fraction of sp³-hybridized carbons (Fsp3) is 0.214. The number of ether oxygens (including phenoxy) is 1. The lowest BCUT2D eigenvalue weighted by molar-refractivity contribution is 0.462. The second kappa shape index (κ2) is 5.98. The highest BCUT2D eigenvalue weighted by molar-refractivity contribution is 9.10. The molecule has 0 fully saturated rings. The average molecular weight is 307 g/mol. The molecule has 0 saturated carbocycles. The number of benzene rings is 1. The van der Waals surface area contributed by atoms with Gasteiger partial charge in [-0.2, -0.15) is 0 Å². The van der Waals surface area contributed by atoms with Crippen LogP contribution in [0.3, 0.4) is 0 Å². The molecule has 3 nitrogen and oxygen atoms in total. The first kappa shape index (κ1) is 13.1. The lowest BCUT2D eigenvalue weighted by atomic mass is 10.1. The van der Waals surface area contributed by atoms with Crippen LogP contribution in [0.25, 0.3) is 0 Å². The molecule has 2 N–H and O–H groups in total. The first-order chi connectivity index (χ1) is 8.69. The van der Waals surface area contributed by atoms with Crippen LogP contribution >= 0.6 is 15.9 Å². The second-order valence-corrected chi connectivity index (χ2v) is 4.91. The SMILES string of the molecule is Cc1cc(Oc2ccc(CCN)cc2)ncc1Br. The zero-order valence-electron chi connectivity index (χ0n) is 10.2. The molecule has 18 heavy (non-hydrogen) atoms. The fourth-order valence-corrected chi connectivity index (χ4v) is 1.80. The van der Waals surface area contributed by atoms with Crippen LogP contribution in [0.5, 0.6) is 11.6 Å². The van der Waals surface area contributed by atoms with E-state index in [1.807, 2.05) is 37.3 Å². The molecule has 2 rings (SSSR count). The molecule has 0 saturated heterocycles. The number of nitrogens with two attached hydrogens (primary N) is 1. The number of aromatic nitrogens is 1. The van der Waals surface area contributed by atoms with Crippen LogP contribution < -0.4 is 10.5 Å². The number of nitrogens with zero attached hydrogens (tertiary/aromatic N) is 1. The van der Waals surface area contributed by atoms with Gasteiger partial charge in [-0.25, -0.2) is 4.98 Å². The highest BCUT2D eigenvalue weighted by Gasteiger charge is 2.02. The number of hydrogen-bond donors (Lipinski definition) is 1. The molecule has 1 aromatic heterocycles. The first-order valence-electron chi connectivity index (χ1n) is 5.78. The third-order valence-electron chi connectivity index (χ3n) is 2.60. The van der Waals surface area contributed by atoms with Gasteiger partial charge >= 0.3 is 0 Å². The number of hydrogen-bond acceptors (Lipinski definition) is 3. The molecular weight excluding hydrogens is 292 g/mol. The Balaban J connectivity index is 2.10.